The molecule has 220 valence electrons. The third kappa shape index (κ3) is 6.84. The van der Waals surface area contributed by atoms with Crippen molar-refractivity contribution in [1.29, 1.82) is 0 Å². The molecular weight excluding hydrogens is 540 g/mol. The van der Waals surface area contributed by atoms with Crippen molar-refractivity contribution in [2.75, 3.05) is 18.4 Å². The molecule has 0 unspecified atom stereocenters. The van der Waals surface area contributed by atoms with Gasteiger partial charge < -0.3 is 9.47 Å². The third-order valence-electron chi connectivity index (χ3n) is 7.29. The summed E-state index contributed by atoms with van der Waals surface area (Å²) in [6, 6.07) is 28.1. The number of aromatic nitrogens is 4. The van der Waals surface area contributed by atoms with Crippen molar-refractivity contribution in [1.82, 2.24) is 24.6 Å². The van der Waals surface area contributed by atoms with Crippen LogP contribution in [0.25, 0.3) is 22.3 Å². The largest absolute Gasteiger partial charge is 0.457 e. The zero-order valence-corrected chi connectivity index (χ0v) is 24.7. The average Bonchev–Trinajstić information content (AvgIpc) is 3.39. The Kier molecular flexibility index (Phi) is 8.07. The SMILES string of the molecule is CC(C)(C)OC(=O)Nc1ncnc2c1c(-c1ccc(Oc3ccccc3)cc1)nn2[C@@H]1CCCN(Cc2ccccc2)C1. The number of carbonyl (C=O) groups is 1. The molecular formula is C34H36N6O3. The molecule has 0 bridgehead atoms. The van der Waals surface area contributed by atoms with Gasteiger partial charge in [-0.15, -0.1) is 0 Å². The Bertz CT molecular complexity index is 1680. The summed E-state index contributed by atoms with van der Waals surface area (Å²) in [5, 5.41) is 8.66. The predicted octanol–water partition coefficient (Wildman–Crippen LogP) is 7.47. The van der Waals surface area contributed by atoms with E-state index in [-0.39, 0.29) is 6.04 Å². The van der Waals surface area contributed by atoms with E-state index in [9.17, 15) is 4.79 Å². The molecule has 2 aromatic heterocycles. The number of piperidine rings is 1. The molecule has 1 saturated heterocycles. The van der Waals surface area contributed by atoms with Gasteiger partial charge in [0.05, 0.1) is 11.4 Å². The predicted molar refractivity (Wildman–Crippen MR) is 167 cm³/mol. The molecule has 43 heavy (non-hydrogen) atoms. The first-order chi connectivity index (χ1) is 20.8. The number of benzene rings is 3. The second kappa shape index (κ2) is 12.2. The molecule has 1 fully saturated rings. The van der Waals surface area contributed by atoms with Crippen LogP contribution in [0.1, 0.15) is 45.2 Å². The van der Waals surface area contributed by atoms with Crippen LogP contribution in [0.3, 0.4) is 0 Å². The van der Waals surface area contributed by atoms with Crippen molar-refractivity contribution in [3.63, 3.8) is 0 Å². The van der Waals surface area contributed by atoms with Gasteiger partial charge in [-0.25, -0.2) is 19.4 Å². The first-order valence-electron chi connectivity index (χ1n) is 14.7. The van der Waals surface area contributed by atoms with Crippen molar-refractivity contribution in [2.24, 2.45) is 0 Å². The lowest BCUT2D eigenvalue weighted by Crippen LogP contribution is -2.36. The van der Waals surface area contributed by atoms with Gasteiger partial charge in [-0.2, -0.15) is 5.10 Å². The molecule has 9 nitrogen and oxygen atoms in total. The molecule has 0 saturated carbocycles. The summed E-state index contributed by atoms with van der Waals surface area (Å²) >= 11 is 0. The Morgan fingerprint density at radius 3 is 2.35 bits per heavy atom. The van der Waals surface area contributed by atoms with E-state index in [1.54, 1.807) is 0 Å². The van der Waals surface area contributed by atoms with Gasteiger partial charge in [0, 0.05) is 18.7 Å². The number of hydrogen-bond acceptors (Lipinski definition) is 7. The minimum atomic E-state index is -0.651. The molecule has 0 radical (unpaired) electrons. The minimum absolute atomic E-state index is 0.110. The zero-order chi connectivity index (χ0) is 29.8. The fourth-order valence-corrected chi connectivity index (χ4v) is 5.45. The van der Waals surface area contributed by atoms with Crippen LogP contribution in [0.5, 0.6) is 11.5 Å². The van der Waals surface area contributed by atoms with Gasteiger partial charge in [0.1, 0.15) is 29.1 Å². The van der Waals surface area contributed by atoms with Gasteiger partial charge in [-0.1, -0.05) is 48.5 Å². The highest BCUT2D eigenvalue weighted by Crippen LogP contribution is 2.36. The molecule has 6 rings (SSSR count). The highest BCUT2D eigenvalue weighted by molar-refractivity contribution is 6.03. The van der Waals surface area contributed by atoms with Gasteiger partial charge in [0.15, 0.2) is 11.5 Å². The minimum Gasteiger partial charge on any atom is -0.457 e. The molecule has 1 amide bonds. The summed E-state index contributed by atoms with van der Waals surface area (Å²) in [7, 11) is 0. The Labute approximate surface area is 251 Å². The standard InChI is InChI=1S/C34H36N6O3/c1-34(2,3)43-33(41)37-31-29-30(25-16-18-28(19-17-25)42-27-14-8-5-9-15-27)38-40(32(29)36-23-35-31)26-13-10-20-39(22-26)21-24-11-6-4-7-12-24/h4-9,11-12,14-19,23,26H,10,13,20-22H2,1-3H3,(H,35,36,37,41)/t26-/m1/s1. The fraction of sp³-hybridized carbons (Fsp3) is 0.294. The van der Waals surface area contributed by atoms with E-state index in [4.69, 9.17) is 14.6 Å². The maximum atomic E-state index is 12.8. The lowest BCUT2D eigenvalue weighted by Gasteiger charge is -2.33. The topological polar surface area (TPSA) is 94.4 Å². The second-order valence-electron chi connectivity index (χ2n) is 11.8. The van der Waals surface area contributed by atoms with E-state index in [1.807, 2.05) is 86.1 Å². The summed E-state index contributed by atoms with van der Waals surface area (Å²) in [6.45, 7) is 8.24. The Morgan fingerprint density at radius 2 is 1.63 bits per heavy atom. The van der Waals surface area contributed by atoms with E-state index >= 15 is 0 Å². The smallest absolute Gasteiger partial charge is 0.413 e. The number of fused-ring (bicyclic) bond motifs is 1. The Hall–Kier alpha value is -4.76. The highest BCUT2D eigenvalue weighted by atomic mass is 16.6. The van der Waals surface area contributed by atoms with E-state index < -0.39 is 11.7 Å². The van der Waals surface area contributed by atoms with Crippen LogP contribution in [-0.2, 0) is 11.3 Å². The molecule has 3 aromatic carbocycles. The number of likely N-dealkylation sites (tertiary alicyclic amines) is 1. The summed E-state index contributed by atoms with van der Waals surface area (Å²) in [6.07, 6.45) is 2.92. The van der Waals surface area contributed by atoms with Crippen LogP contribution in [0, 0.1) is 0 Å². The van der Waals surface area contributed by atoms with Crippen LogP contribution < -0.4 is 10.1 Å². The number of para-hydroxylation sites is 1. The third-order valence-corrected chi connectivity index (χ3v) is 7.29. The fourth-order valence-electron chi connectivity index (χ4n) is 5.45. The van der Waals surface area contributed by atoms with E-state index in [2.05, 4.69) is 44.5 Å². The van der Waals surface area contributed by atoms with E-state index in [0.717, 1.165) is 43.8 Å². The number of rotatable bonds is 7. The van der Waals surface area contributed by atoms with Gasteiger partial charge in [0.25, 0.3) is 0 Å². The zero-order valence-electron chi connectivity index (χ0n) is 24.7. The van der Waals surface area contributed by atoms with Crippen molar-refractivity contribution in [3.8, 4) is 22.8 Å². The molecule has 1 aliphatic rings. The molecule has 5 aromatic rings. The first-order valence-corrected chi connectivity index (χ1v) is 14.7. The monoisotopic (exact) mass is 576 g/mol. The van der Waals surface area contributed by atoms with Crippen LogP contribution in [-0.4, -0.2) is 49.4 Å². The van der Waals surface area contributed by atoms with Crippen LogP contribution in [0.2, 0.25) is 0 Å². The molecule has 1 atom stereocenters. The highest BCUT2D eigenvalue weighted by Gasteiger charge is 2.28. The Morgan fingerprint density at radius 1 is 0.930 bits per heavy atom. The number of amides is 1. The lowest BCUT2D eigenvalue weighted by molar-refractivity contribution is 0.0635. The van der Waals surface area contributed by atoms with Crippen LogP contribution in [0.4, 0.5) is 10.6 Å². The normalized spacial score (nSPS) is 15.7. The number of nitrogens with zero attached hydrogens (tertiary/aromatic N) is 5. The lowest BCUT2D eigenvalue weighted by atomic mass is 10.0. The number of carbonyl (C=O) groups excluding carboxylic acids is 1. The maximum Gasteiger partial charge on any atom is 0.413 e. The van der Waals surface area contributed by atoms with Gasteiger partial charge in [0.2, 0.25) is 0 Å². The first kappa shape index (κ1) is 28.4. The summed E-state index contributed by atoms with van der Waals surface area (Å²) in [5.41, 5.74) is 2.86. The summed E-state index contributed by atoms with van der Waals surface area (Å²) in [5.74, 6) is 1.84. The van der Waals surface area contributed by atoms with Crippen molar-refractivity contribution >= 4 is 22.9 Å². The maximum absolute atomic E-state index is 12.8. The number of ether oxygens (including phenoxy) is 2. The van der Waals surface area contributed by atoms with E-state index in [0.29, 0.717) is 28.3 Å². The second-order valence-corrected chi connectivity index (χ2v) is 11.8. The van der Waals surface area contributed by atoms with Gasteiger partial charge >= 0.3 is 6.09 Å². The van der Waals surface area contributed by atoms with Crippen molar-refractivity contribution < 1.29 is 14.3 Å². The molecule has 9 heteroatoms. The number of anilines is 1. The number of nitrogens with one attached hydrogen (secondary N) is 1. The summed E-state index contributed by atoms with van der Waals surface area (Å²) < 4.78 is 13.6. The molecule has 3 heterocycles. The van der Waals surface area contributed by atoms with E-state index in [1.165, 1.54) is 11.9 Å². The Balaban J connectivity index is 1.35. The van der Waals surface area contributed by atoms with Crippen LogP contribution in [0.15, 0.2) is 91.3 Å². The number of hydrogen-bond donors (Lipinski definition) is 1. The van der Waals surface area contributed by atoms with Crippen molar-refractivity contribution in [3.05, 3.63) is 96.8 Å². The quantitative estimate of drug-likeness (QED) is 0.215. The molecule has 1 N–H and O–H groups in total. The molecule has 1 aliphatic heterocycles. The average molecular weight is 577 g/mol. The van der Waals surface area contributed by atoms with Crippen molar-refractivity contribution in [2.45, 2.75) is 51.8 Å². The molecule has 0 spiro atoms. The summed E-state index contributed by atoms with van der Waals surface area (Å²) in [4.78, 5) is 24.4. The van der Waals surface area contributed by atoms with Crippen LogP contribution >= 0.6 is 0 Å². The molecule has 0 aliphatic carbocycles. The van der Waals surface area contributed by atoms with Gasteiger partial charge in [-0.05, 0) is 82.1 Å². The van der Waals surface area contributed by atoms with Gasteiger partial charge in [-0.3, -0.25) is 10.2 Å².